The Morgan fingerprint density at radius 2 is 1.92 bits per heavy atom. The fraction of sp³-hybridized carbons (Fsp3) is 0.263. The quantitative estimate of drug-likeness (QED) is 0.779. The van der Waals surface area contributed by atoms with E-state index in [0.717, 1.165) is 29.4 Å². The molecule has 5 nitrogen and oxygen atoms in total. The number of hydrogen-bond donors (Lipinski definition) is 2. The molecule has 1 saturated heterocycles. The molecular formula is C19H20N4O. The van der Waals surface area contributed by atoms with Crippen LogP contribution in [0.15, 0.2) is 60.9 Å². The first kappa shape index (κ1) is 14.9. The highest BCUT2D eigenvalue weighted by Crippen LogP contribution is 2.29. The van der Waals surface area contributed by atoms with Crippen molar-refractivity contribution in [2.24, 2.45) is 0 Å². The molecule has 3 aromatic rings. The number of anilines is 1. The van der Waals surface area contributed by atoms with Crippen LogP contribution in [0.4, 0.5) is 5.82 Å². The summed E-state index contributed by atoms with van der Waals surface area (Å²) in [6, 6.07) is 16.0. The van der Waals surface area contributed by atoms with Gasteiger partial charge in [0.2, 0.25) is 0 Å². The summed E-state index contributed by atoms with van der Waals surface area (Å²) < 4.78 is 0. The Hall–Kier alpha value is -2.66. The highest BCUT2D eigenvalue weighted by molar-refractivity contribution is 5.58. The maximum Gasteiger partial charge on any atom is 0.128 e. The van der Waals surface area contributed by atoms with Crippen LogP contribution in [-0.2, 0) is 0 Å². The number of hydrogen-bond acceptors (Lipinski definition) is 4. The van der Waals surface area contributed by atoms with Crippen LogP contribution in [0, 0.1) is 0 Å². The van der Waals surface area contributed by atoms with Gasteiger partial charge in [0.1, 0.15) is 11.6 Å². The van der Waals surface area contributed by atoms with E-state index >= 15 is 0 Å². The summed E-state index contributed by atoms with van der Waals surface area (Å²) >= 11 is 0. The lowest BCUT2D eigenvalue weighted by atomic mass is 9.94. The zero-order chi connectivity index (χ0) is 16.4. The number of pyridine rings is 1. The van der Waals surface area contributed by atoms with Crippen molar-refractivity contribution >= 4 is 5.82 Å². The zero-order valence-electron chi connectivity index (χ0n) is 13.3. The summed E-state index contributed by atoms with van der Waals surface area (Å²) in [6.45, 7) is 1.51. The number of aliphatic hydroxyl groups is 1. The van der Waals surface area contributed by atoms with Crippen molar-refractivity contribution in [2.45, 2.75) is 18.4 Å². The van der Waals surface area contributed by atoms with E-state index in [9.17, 15) is 5.11 Å². The molecule has 1 aliphatic heterocycles. The van der Waals surface area contributed by atoms with E-state index in [2.05, 4.69) is 14.9 Å². The maximum absolute atomic E-state index is 10.5. The zero-order valence-corrected chi connectivity index (χ0v) is 13.3. The molecule has 0 spiro atoms. The second kappa shape index (κ2) is 6.45. The molecule has 1 aromatic carbocycles. The number of piperidine rings is 1. The van der Waals surface area contributed by atoms with Gasteiger partial charge in [0, 0.05) is 31.0 Å². The van der Waals surface area contributed by atoms with Gasteiger partial charge in [0.25, 0.3) is 0 Å². The van der Waals surface area contributed by atoms with E-state index < -0.39 is 0 Å². The summed E-state index contributed by atoms with van der Waals surface area (Å²) in [5.74, 6) is 1.74. The molecule has 24 heavy (non-hydrogen) atoms. The predicted molar refractivity (Wildman–Crippen MR) is 93.8 cm³/mol. The van der Waals surface area contributed by atoms with Crippen molar-refractivity contribution in [1.82, 2.24) is 15.0 Å². The molecular weight excluding hydrogens is 300 g/mol. The SMILES string of the molecule is OC1CCN(c2ccccn2)CC1c1nc(-c2ccccc2)c[nH]1. The highest BCUT2D eigenvalue weighted by Gasteiger charge is 2.31. The lowest BCUT2D eigenvalue weighted by Crippen LogP contribution is -2.42. The van der Waals surface area contributed by atoms with Crippen molar-refractivity contribution in [3.63, 3.8) is 0 Å². The third-order valence-corrected chi connectivity index (χ3v) is 4.57. The van der Waals surface area contributed by atoms with E-state index in [0.29, 0.717) is 13.0 Å². The smallest absolute Gasteiger partial charge is 0.128 e. The Labute approximate surface area is 141 Å². The normalized spacial score (nSPS) is 21.0. The van der Waals surface area contributed by atoms with Crippen molar-refractivity contribution in [1.29, 1.82) is 0 Å². The van der Waals surface area contributed by atoms with Gasteiger partial charge < -0.3 is 15.0 Å². The van der Waals surface area contributed by atoms with Crippen LogP contribution in [0.2, 0.25) is 0 Å². The number of aromatic amines is 1. The molecule has 1 aliphatic rings. The summed E-state index contributed by atoms with van der Waals surface area (Å²) in [7, 11) is 0. The number of nitrogens with zero attached hydrogens (tertiary/aromatic N) is 3. The number of H-pyrrole nitrogens is 1. The first-order chi connectivity index (χ1) is 11.8. The molecule has 0 aliphatic carbocycles. The Bertz CT molecular complexity index is 787. The molecule has 5 heteroatoms. The van der Waals surface area contributed by atoms with Gasteiger partial charge in [-0.25, -0.2) is 9.97 Å². The lowest BCUT2D eigenvalue weighted by Gasteiger charge is -2.35. The summed E-state index contributed by atoms with van der Waals surface area (Å²) in [5.41, 5.74) is 1.99. The molecule has 2 N–H and O–H groups in total. The van der Waals surface area contributed by atoms with Crippen LogP contribution >= 0.6 is 0 Å². The summed E-state index contributed by atoms with van der Waals surface area (Å²) in [6.07, 6.45) is 4.04. The fourth-order valence-corrected chi connectivity index (χ4v) is 3.24. The Balaban J connectivity index is 1.57. The van der Waals surface area contributed by atoms with Crippen LogP contribution in [0.5, 0.6) is 0 Å². The molecule has 2 aromatic heterocycles. The number of aromatic nitrogens is 3. The third kappa shape index (κ3) is 2.90. The minimum absolute atomic E-state index is 0.0433. The molecule has 4 rings (SSSR count). The number of aliphatic hydroxyl groups excluding tert-OH is 1. The number of imidazole rings is 1. The average Bonchev–Trinajstić information content (AvgIpc) is 3.13. The van der Waals surface area contributed by atoms with Gasteiger partial charge >= 0.3 is 0 Å². The van der Waals surface area contributed by atoms with E-state index in [1.54, 1.807) is 6.20 Å². The number of benzene rings is 1. The second-order valence-corrected chi connectivity index (χ2v) is 6.13. The fourth-order valence-electron chi connectivity index (χ4n) is 3.24. The minimum Gasteiger partial charge on any atom is -0.392 e. The molecule has 122 valence electrons. The third-order valence-electron chi connectivity index (χ3n) is 4.57. The molecule has 0 radical (unpaired) electrons. The molecule has 0 saturated carbocycles. The van der Waals surface area contributed by atoms with Gasteiger partial charge in [-0.3, -0.25) is 0 Å². The van der Waals surface area contributed by atoms with Crippen LogP contribution in [0.3, 0.4) is 0 Å². The van der Waals surface area contributed by atoms with Gasteiger partial charge in [0.15, 0.2) is 0 Å². The topological polar surface area (TPSA) is 65.0 Å². The molecule has 3 heterocycles. The molecule has 0 amide bonds. The van der Waals surface area contributed by atoms with Gasteiger partial charge in [0.05, 0.1) is 17.7 Å². The van der Waals surface area contributed by atoms with Crippen LogP contribution in [0.1, 0.15) is 18.2 Å². The van der Waals surface area contributed by atoms with Gasteiger partial charge in [-0.15, -0.1) is 0 Å². The Morgan fingerprint density at radius 1 is 1.08 bits per heavy atom. The van der Waals surface area contributed by atoms with Gasteiger partial charge in [-0.2, -0.15) is 0 Å². The van der Waals surface area contributed by atoms with E-state index in [-0.39, 0.29) is 12.0 Å². The highest BCUT2D eigenvalue weighted by atomic mass is 16.3. The summed E-state index contributed by atoms with van der Waals surface area (Å²) in [5, 5.41) is 10.5. The van der Waals surface area contributed by atoms with E-state index in [4.69, 9.17) is 4.98 Å². The van der Waals surface area contributed by atoms with Gasteiger partial charge in [-0.05, 0) is 18.6 Å². The predicted octanol–water partition coefficient (Wildman–Crippen LogP) is 2.83. The molecule has 1 fully saturated rings. The minimum atomic E-state index is -0.389. The molecule has 2 atom stereocenters. The average molecular weight is 320 g/mol. The van der Waals surface area contributed by atoms with Crippen molar-refractivity contribution in [3.8, 4) is 11.3 Å². The molecule has 2 unspecified atom stereocenters. The van der Waals surface area contributed by atoms with Crippen LogP contribution in [-0.4, -0.2) is 39.3 Å². The van der Waals surface area contributed by atoms with Crippen LogP contribution < -0.4 is 4.90 Å². The van der Waals surface area contributed by atoms with Crippen LogP contribution in [0.25, 0.3) is 11.3 Å². The lowest BCUT2D eigenvalue weighted by molar-refractivity contribution is 0.119. The van der Waals surface area contributed by atoms with E-state index in [1.165, 1.54) is 0 Å². The Morgan fingerprint density at radius 3 is 2.71 bits per heavy atom. The van der Waals surface area contributed by atoms with E-state index in [1.807, 2.05) is 54.7 Å². The number of rotatable bonds is 3. The summed E-state index contributed by atoms with van der Waals surface area (Å²) in [4.78, 5) is 14.6. The maximum atomic E-state index is 10.5. The van der Waals surface area contributed by atoms with Crippen molar-refractivity contribution in [3.05, 3.63) is 66.7 Å². The largest absolute Gasteiger partial charge is 0.392 e. The standard InChI is InChI=1S/C19H20N4O/c24-17-9-11-23(18-8-4-5-10-20-18)13-15(17)19-21-12-16(22-19)14-6-2-1-3-7-14/h1-8,10,12,15,17,24H,9,11,13H2,(H,21,22). The molecule has 0 bridgehead atoms. The van der Waals surface area contributed by atoms with Crippen molar-refractivity contribution in [2.75, 3.05) is 18.0 Å². The van der Waals surface area contributed by atoms with Gasteiger partial charge in [-0.1, -0.05) is 36.4 Å². The monoisotopic (exact) mass is 320 g/mol. The van der Waals surface area contributed by atoms with Crippen molar-refractivity contribution < 1.29 is 5.11 Å². The Kier molecular flexibility index (Phi) is 4.01. The first-order valence-electron chi connectivity index (χ1n) is 8.26. The first-order valence-corrected chi connectivity index (χ1v) is 8.26. The second-order valence-electron chi connectivity index (χ2n) is 6.13. The number of nitrogens with one attached hydrogen (secondary N) is 1.